The van der Waals surface area contributed by atoms with Gasteiger partial charge in [0.05, 0.1) is 26.4 Å². The lowest BCUT2D eigenvalue weighted by Gasteiger charge is -2.21. The van der Waals surface area contributed by atoms with Crippen LogP contribution in [0.2, 0.25) is 0 Å². The molecule has 0 fully saturated rings. The van der Waals surface area contributed by atoms with E-state index in [9.17, 15) is 43.2 Å². The standard InChI is InChI=1S/C81H158O17P2/c1-7-10-12-14-16-18-20-27-34-41-47-53-59-65-80(85)97-76(69-91-78(83)63-57-51-45-39-31-19-17-15-13-11-8-2)71-95-99(87,88)93-67-75(82)68-94-100(89,90)96-72-77(70-92-79(84)64-58-52-46-40-36-30-32-37-43-49-55-61-73(4)5)98-81(86)66-60-54-48-42-35-29-26-24-22-21-23-25-28-33-38-44-50-56-62-74(6)9-3/h73-77,82H,7-72H2,1-6H3,(H,87,88)(H,89,90)/t74?,75-,76+,77+/m0/s1. The molecule has 0 spiro atoms. The van der Waals surface area contributed by atoms with Crippen molar-refractivity contribution in [1.29, 1.82) is 0 Å². The lowest BCUT2D eigenvalue weighted by Crippen LogP contribution is -2.30. The smallest absolute Gasteiger partial charge is 0.462 e. The summed E-state index contributed by atoms with van der Waals surface area (Å²) in [4.78, 5) is 73.0. The van der Waals surface area contributed by atoms with Crippen LogP contribution < -0.4 is 0 Å². The lowest BCUT2D eigenvalue weighted by molar-refractivity contribution is -0.161. The fourth-order valence-electron chi connectivity index (χ4n) is 12.5. The Kier molecular flexibility index (Phi) is 71.2. The monoisotopic (exact) mass is 1470 g/mol. The van der Waals surface area contributed by atoms with Crippen LogP contribution in [-0.4, -0.2) is 96.7 Å². The van der Waals surface area contributed by atoms with Crippen LogP contribution in [0.3, 0.4) is 0 Å². The van der Waals surface area contributed by atoms with Gasteiger partial charge in [-0.15, -0.1) is 0 Å². The molecule has 19 heteroatoms. The second-order valence-electron chi connectivity index (χ2n) is 29.9. The normalized spacial score (nSPS) is 14.2. The largest absolute Gasteiger partial charge is 0.472 e. The first-order valence-corrected chi connectivity index (χ1v) is 45.0. The van der Waals surface area contributed by atoms with Gasteiger partial charge in [0.2, 0.25) is 0 Å². The summed E-state index contributed by atoms with van der Waals surface area (Å²) in [5, 5.41) is 10.6. The first kappa shape index (κ1) is 98.1. The van der Waals surface area contributed by atoms with E-state index >= 15 is 0 Å². The predicted molar refractivity (Wildman–Crippen MR) is 409 cm³/mol. The Morgan fingerprint density at radius 1 is 0.290 bits per heavy atom. The number of esters is 4. The van der Waals surface area contributed by atoms with Gasteiger partial charge in [-0.1, -0.05) is 375 Å². The van der Waals surface area contributed by atoms with Gasteiger partial charge in [-0.25, -0.2) is 9.13 Å². The van der Waals surface area contributed by atoms with Gasteiger partial charge in [0.1, 0.15) is 19.3 Å². The number of aliphatic hydroxyl groups excluding tert-OH is 1. The molecule has 0 bridgehead atoms. The fourth-order valence-corrected chi connectivity index (χ4v) is 14.1. The number of hydrogen-bond donors (Lipinski definition) is 3. The molecule has 0 aliphatic heterocycles. The minimum absolute atomic E-state index is 0.108. The molecule has 100 heavy (non-hydrogen) atoms. The Morgan fingerprint density at radius 3 is 0.760 bits per heavy atom. The predicted octanol–water partition coefficient (Wildman–Crippen LogP) is 24.3. The summed E-state index contributed by atoms with van der Waals surface area (Å²) >= 11 is 0. The number of phosphoric ester groups is 2. The number of ether oxygens (including phenoxy) is 4. The quantitative estimate of drug-likeness (QED) is 0.0222. The number of carbonyl (C=O) groups is 4. The third-order valence-corrected chi connectivity index (χ3v) is 21.2. The molecule has 0 amide bonds. The van der Waals surface area contributed by atoms with E-state index in [-0.39, 0.29) is 25.7 Å². The van der Waals surface area contributed by atoms with Crippen molar-refractivity contribution >= 4 is 39.5 Å². The summed E-state index contributed by atoms with van der Waals surface area (Å²) in [6.07, 6.45) is 62.3. The van der Waals surface area contributed by atoms with Crippen molar-refractivity contribution in [3.8, 4) is 0 Å². The van der Waals surface area contributed by atoms with Gasteiger partial charge >= 0.3 is 39.5 Å². The highest BCUT2D eigenvalue weighted by Gasteiger charge is 2.30. The number of hydrogen-bond acceptors (Lipinski definition) is 15. The summed E-state index contributed by atoms with van der Waals surface area (Å²) < 4.78 is 68.7. The Labute approximate surface area is 613 Å². The van der Waals surface area contributed by atoms with Crippen molar-refractivity contribution in [3.05, 3.63) is 0 Å². The van der Waals surface area contributed by atoms with Crippen molar-refractivity contribution in [2.75, 3.05) is 39.6 Å². The first-order chi connectivity index (χ1) is 48.4. The molecule has 17 nitrogen and oxygen atoms in total. The van der Waals surface area contributed by atoms with Crippen molar-refractivity contribution in [3.63, 3.8) is 0 Å². The molecule has 0 saturated carbocycles. The minimum atomic E-state index is -4.96. The summed E-state index contributed by atoms with van der Waals surface area (Å²) in [6, 6.07) is 0. The second-order valence-corrected chi connectivity index (χ2v) is 32.8. The number of unbranched alkanes of at least 4 members (excludes halogenated alkanes) is 49. The van der Waals surface area contributed by atoms with Crippen LogP contribution in [0.4, 0.5) is 0 Å². The van der Waals surface area contributed by atoms with Crippen LogP contribution >= 0.6 is 15.6 Å². The zero-order chi connectivity index (χ0) is 73.5. The molecular formula is C81H158O17P2. The van der Waals surface area contributed by atoms with Crippen LogP contribution in [0.15, 0.2) is 0 Å². The molecule has 0 heterocycles. The van der Waals surface area contributed by atoms with Gasteiger partial charge in [0.15, 0.2) is 12.2 Å². The minimum Gasteiger partial charge on any atom is -0.462 e. The molecule has 3 unspecified atom stereocenters. The third kappa shape index (κ3) is 73.0. The average Bonchev–Trinajstić information content (AvgIpc) is 0.920. The number of phosphoric acid groups is 2. The molecule has 3 N–H and O–H groups in total. The Hall–Kier alpha value is -1.94. The van der Waals surface area contributed by atoms with Gasteiger partial charge in [-0.05, 0) is 37.5 Å². The molecular weight excluding hydrogens is 1310 g/mol. The Balaban J connectivity index is 5.21. The fraction of sp³-hybridized carbons (Fsp3) is 0.951. The molecule has 0 aliphatic carbocycles. The SMILES string of the molecule is CCCCCCCCCCCCCCCC(=O)O[C@H](COC(=O)CCCCCCCCCCCCC)COP(=O)(O)OC[C@H](O)COP(=O)(O)OC[C@@H](COC(=O)CCCCCCCCCCCCCC(C)C)OC(=O)CCCCCCCCCCCCCCCCCCCCC(C)CC. The molecule has 0 aromatic carbocycles. The molecule has 594 valence electrons. The van der Waals surface area contributed by atoms with Gasteiger partial charge in [-0.2, -0.15) is 0 Å². The summed E-state index contributed by atoms with van der Waals surface area (Å²) in [7, 11) is -9.92. The van der Waals surface area contributed by atoms with Crippen LogP contribution in [0.1, 0.15) is 427 Å². The first-order valence-electron chi connectivity index (χ1n) is 42.0. The van der Waals surface area contributed by atoms with Crippen molar-refractivity contribution < 1.29 is 80.2 Å². The average molecular weight is 1470 g/mol. The Bertz CT molecular complexity index is 1930. The third-order valence-electron chi connectivity index (χ3n) is 19.3. The van der Waals surface area contributed by atoms with E-state index in [1.807, 2.05) is 0 Å². The number of aliphatic hydroxyl groups is 1. The van der Waals surface area contributed by atoms with Crippen molar-refractivity contribution in [2.45, 2.75) is 445 Å². The van der Waals surface area contributed by atoms with E-state index < -0.39 is 97.5 Å². The van der Waals surface area contributed by atoms with Gasteiger partial charge < -0.3 is 33.8 Å². The maximum Gasteiger partial charge on any atom is 0.472 e. The van der Waals surface area contributed by atoms with E-state index in [1.54, 1.807) is 0 Å². The van der Waals surface area contributed by atoms with E-state index in [1.165, 1.54) is 244 Å². The zero-order valence-electron chi connectivity index (χ0n) is 65.5. The summed E-state index contributed by atoms with van der Waals surface area (Å²) in [5.74, 6) is -0.465. The zero-order valence-corrected chi connectivity index (χ0v) is 67.3. The lowest BCUT2D eigenvalue weighted by atomic mass is 9.99. The highest BCUT2D eigenvalue weighted by Crippen LogP contribution is 2.45. The topological polar surface area (TPSA) is 237 Å². The van der Waals surface area contributed by atoms with E-state index in [0.29, 0.717) is 25.7 Å². The molecule has 0 aromatic heterocycles. The van der Waals surface area contributed by atoms with Crippen molar-refractivity contribution in [1.82, 2.24) is 0 Å². The van der Waals surface area contributed by atoms with Gasteiger partial charge in [0, 0.05) is 25.7 Å². The maximum atomic E-state index is 13.1. The summed E-state index contributed by atoms with van der Waals surface area (Å²) in [5.41, 5.74) is 0. The molecule has 0 aromatic rings. The highest BCUT2D eigenvalue weighted by molar-refractivity contribution is 7.47. The van der Waals surface area contributed by atoms with Gasteiger partial charge in [-0.3, -0.25) is 37.3 Å². The molecule has 6 atom stereocenters. The van der Waals surface area contributed by atoms with Gasteiger partial charge in [0.25, 0.3) is 0 Å². The maximum absolute atomic E-state index is 13.1. The molecule has 0 aliphatic rings. The molecule has 0 rings (SSSR count). The van der Waals surface area contributed by atoms with E-state index in [4.69, 9.17) is 37.0 Å². The van der Waals surface area contributed by atoms with E-state index in [0.717, 1.165) is 102 Å². The Morgan fingerprint density at radius 2 is 0.510 bits per heavy atom. The van der Waals surface area contributed by atoms with Crippen LogP contribution in [0.25, 0.3) is 0 Å². The van der Waals surface area contributed by atoms with Crippen molar-refractivity contribution in [2.24, 2.45) is 11.8 Å². The van der Waals surface area contributed by atoms with E-state index in [2.05, 4.69) is 41.5 Å². The molecule has 0 radical (unpaired) electrons. The second kappa shape index (κ2) is 72.6. The molecule has 0 saturated heterocycles. The summed E-state index contributed by atoms with van der Waals surface area (Å²) in [6.45, 7) is 9.70. The number of rotatable bonds is 80. The van der Waals surface area contributed by atoms with Crippen LogP contribution in [0.5, 0.6) is 0 Å². The number of carbonyl (C=O) groups excluding carboxylic acids is 4. The highest BCUT2D eigenvalue weighted by atomic mass is 31.2. The van der Waals surface area contributed by atoms with Crippen LogP contribution in [-0.2, 0) is 65.4 Å². The van der Waals surface area contributed by atoms with Crippen LogP contribution in [0, 0.1) is 11.8 Å².